The van der Waals surface area contributed by atoms with Crippen molar-refractivity contribution in [3.63, 3.8) is 0 Å². The lowest BCUT2D eigenvalue weighted by Gasteiger charge is -2.72. The molecule has 0 aromatic carbocycles. The van der Waals surface area contributed by atoms with E-state index in [0.717, 1.165) is 6.84 Å². The highest BCUT2D eigenvalue weighted by molar-refractivity contribution is 14.1. The van der Waals surface area contributed by atoms with Gasteiger partial charge in [-0.1, -0.05) is 45.2 Å². The Morgan fingerprint density at radius 3 is 2.58 bits per heavy atom. The van der Waals surface area contributed by atoms with Crippen molar-refractivity contribution in [3.05, 3.63) is 0 Å². The first-order valence-electron chi connectivity index (χ1n) is 5.07. The minimum absolute atomic E-state index is 0.795. The van der Waals surface area contributed by atoms with Gasteiger partial charge in [-0.05, 0) is 48.3 Å². The molecule has 0 aliphatic heterocycles. The fraction of sp³-hybridized carbons (Fsp3) is 1.00. The van der Waals surface area contributed by atoms with E-state index in [-0.39, 0.29) is 0 Å². The fourth-order valence-corrected chi connectivity index (χ4v) is 10.3. The van der Waals surface area contributed by atoms with E-state index in [1.165, 1.54) is 35.5 Å². The van der Waals surface area contributed by atoms with Gasteiger partial charge in [0, 0.05) is 6.84 Å². The lowest BCUT2D eigenvalue weighted by atomic mass is 9.41. The molecule has 0 heterocycles. The zero-order chi connectivity index (χ0) is 7.88. The van der Waals surface area contributed by atoms with Crippen LogP contribution in [0.3, 0.4) is 0 Å². The van der Waals surface area contributed by atoms with Gasteiger partial charge in [-0.3, -0.25) is 0 Å². The van der Waals surface area contributed by atoms with Crippen LogP contribution in [0, 0.1) is 35.5 Å². The molecule has 4 bridgehead atoms. The third-order valence-corrected chi connectivity index (χ3v) is 11.6. The minimum atomic E-state index is 0.795. The lowest BCUT2D eigenvalue weighted by molar-refractivity contribution is -0.117. The molecular formula is C10H10I2. The summed E-state index contributed by atoms with van der Waals surface area (Å²) in [4.78, 5) is 0. The molecule has 0 radical (unpaired) electrons. The summed E-state index contributed by atoms with van der Waals surface area (Å²) in [7, 11) is 0. The third-order valence-electron chi connectivity index (χ3n) is 6.02. The molecule has 6 aliphatic rings. The van der Waals surface area contributed by atoms with Crippen LogP contribution in [0.2, 0.25) is 0 Å². The van der Waals surface area contributed by atoms with Gasteiger partial charge in [0.05, 0.1) is 0 Å². The first-order valence-corrected chi connectivity index (χ1v) is 7.23. The van der Waals surface area contributed by atoms with Crippen molar-refractivity contribution in [2.24, 2.45) is 35.5 Å². The Labute approximate surface area is 99.5 Å². The van der Waals surface area contributed by atoms with Crippen molar-refractivity contribution in [2.75, 3.05) is 0 Å². The predicted octanol–water partition coefficient (Wildman–Crippen LogP) is 2.88. The zero-order valence-corrected chi connectivity index (χ0v) is 10.9. The topological polar surface area (TPSA) is 0 Å². The smallest absolute Gasteiger partial charge is 0.0435 e. The minimum Gasteiger partial charge on any atom is -0.0771 e. The van der Waals surface area contributed by atoms with Gasteiger partial charge in [-0.15, -0.1) is 0 Å². The second-order valence-electron chi connectivity index (χ2n) is 5.63. The summed E-state index contributed by atoms with van der Waals surface area (Å²) in [6.07, 6.45) is 3.23. The Morgan fingerprint density at radius 2 is 1.92 bits per heavy atom. The first-order chi connectivity index (χ1) is 5.69. The second-order valence-corrected chi connectivity index (χ2v) is 9.34. The van der Waals surface area contributed by atoms with Crippen LogP contribution in [0.25, 0.3) is 0 Å². The van der Waals surface area contributed by atoms with Gasteiger partial charge < -0.3 is 0 Å². The largest absolute Gasteiger partial charge is 0.0771 e. The van der Waals surface area contributed by atoms with Gasteiger partial charge in [0.2, 0.25) is 0 Å². The van der Waals surface area contributed by atoms with Gasteiger partial charge in [-0.25, -0.2) is 0 Å². The molecule has 0 spiro atoms. The molecule has 8 unspecified atom stereocenters. The summed E-state index contributed by atoms with van der Waals surface area (Å²) >= 11 is 5.71. The van der Waals surface area contributed by atoms with Crippen molar-refractivity contribution < 1.29 is 0 Å². The van der Waals surface area contributed by atoms with Crippen molar-refractivity contribution >= 4 is 45.2 Å². The fourth-order valence-electron chi connectivity index (χ4n) is 6.04. The Bertz CT molecular complexity index is 326. The van der Waals surface area contributed by atoms with Crippen LogP contribution >= 0.6 is 45.2 Å². The van der Waals surface area contributed by atoms with Crippen LogP contribution in [-0.4, -0.2) is 6.84 Å². The summed E-state index contributed by atoms with van der Waals surface area (Å²) in [5.74, 6) is 7.20. The zero-order valence-electron chi connectivity index (χ0n) is 6.63. The van der Waals surface area contributed by atoms with Crippen molar-refractivity contribution in [3.8, 4) is 0 Å². The summed E-state index contributed by atoms with van der Waals surface area (Å²) in [5.41, 5.74) is 0. The van der Waals surface area contributed by atoms with E-state index in [1.54, 1.807) is 12.8 Å². The molecule has 6 rings (SSSR count). The Kier molecular flexibility index (Phi) is 0.835. The van der Waals surface area contributed by atoms with Crippen molar-refractivity contribution in [1.29, 1.82) is 0 Å². The maximum atomic E-state index is 2.87. The lowest BCUT2D eigenvalue weighted by Crippen LogP contribution is -2.76. The molecule has 0 nitrogen and oxygen atoms in total. The van der Waals surface area contributed by atoms with E-state index in [4.69, 9.17) is 0 Å². The van der Waals surface area contributed by atoms with Crippen LogP contribution in [0.4, 0.5) is 0 Å². The van der Waals surface area contributed by atoms with E-state index in [9.17, 15) is 0 Å². The molecule has 6 fully saturated rings. The number of halogens is 2. The molecule has 0 N–H and O–H groups in total. The highest BCUT2D eigenvalue weighted by Crippen LogP contribution is 2.95. The monoisotopic (exact) mass is 384 g/mol. The van der Waals surface area contributed by atoms with Crippen molar-refractivity contribution in [2.45, 2.75) is 19.7 Å². The third kappa shape index (κ3) is 0.332. The number of alkyl halides is 2. The van der Waals surface area contributed by atoms with Crippen LogP contribution in [0.1, 0.15) is 12.8 Å². The Hall–Kier alpha value is 1.46. The Balaban J connectivity index is 1.92. The highest BCUT2D eigenvalue weighted by Gasteiger charge is 2.95. The summed E-state index contributed by atoms with van der Waals surface area (Å²) in [6.45, 7) is 0. The summed E-state index contributed by atoms with van der Waals surface area (Å²) in [5, 5.41) is 0. The summed E-state index contributed by atoms with van der Waals surface area (Å²) in [6, 6.07) is 0. The molecule has 0 saturated heterocycles. The Morgan fingerprint density at radius 1 is 1.08 bits per heavy atom. The van der Waals surface area contributed by atoms with Gasteiger partial charge in [-0.2, -0.15) is 0 Å². The van der Waals surface area contributed by atoms with E-state index < -0.39 is 0 Å². The number of hydrogen-bond donors (Lipinski definition) is 0. The average Bonchev–Trinajstić information content (AvgIpc) is 2.39. The molecule has 2 heteroatoms. The first kappa shape index (κ1) is 6.85. The van der Waals surface area contributed by atoms with Crippen LogP contribution in [-0.2, 0) is 0 Å². The molecule has 0 aromatic rings. The number of rotatable bonds is 0. The number of hydrogen-bond acceptors (Lipinski definition) is 0. The quantitative estimate of drug-likeness (QED) is 0.445. The molecule has 0 aromatic heterocycles. The van der Waals surface area contributed by atoms with E-state index in [1.807, 2.05) is 0 Å². The van der Waals surface area contributed by atoms with E-state index in [0.29, 0.717) is 0 Å². The molecular weight excluding hydrogens is 374 g/mol. The second kappa shape index (κ2) is 1.46. The SMILES string of the molecule is IC12CC3C4C5CC3C1(I)C5C42. The van der Waals surface area contributed by atoms with Crippen LogP contribution < -0.4 is 0 Å². The summed E-state index contributed by atoms with van der Waals surface area (Å²) < 4.78 is 1.60. The standard InChI is InChI=1S/C10H10I2/c11-9-2-4-5-1-3-6(4)8(9)7(3)10(5,9)12/h3-8H,1-2H2. The van der Waals surface area contributed by atoms with Gasteiger partial charge >= 0.3 is 0 Å². The normalized spacial score (nSPS) is 90.5. The van der Waals surface area contributed by atoms with Gasteiger partial charge in [0.1, 0.15) is 0 Å². The van der Waals surface area contributed by atoms with E-state index in [2.05, 4.69) is 45.2 Å². The molecule has 0 amide bonds. The molecule has 8 atom stereocenters. The van der Waals surface area contributed by atoms with Crippen molar-refractivity contribution in [1.82, 2.24) is 0 Å². The van der Waals surface area contributed by atoms with E-state index >= 15 is 0 Å². The maximum absolute atomic E-state index is 2.87. The van der Waals surface area contributed by atoms with Gasteiger partial charge in [0.15, 0.2) is 0 Å². The average molecular weight is 384 g/mol. The van der Waals surface area contributed by atoms with Gasteiger partial charge in [0.25, 0.3) is 0 Å². The molecule has 12 heavy (non-hydrogen) atoms. The molecule has 64 valence electrons. The van der Waals surface area contributed by atoms with Crippen LogP contribution in [0.5, 0.6) is 0 Å². The molecule has 6 aliphatic carbocycles. The highest BCUT2D eigenvalue weighted by atomic mass is 127. The van der Waals surface area contributed by atoms with Crippen LogP contribution in [0.15, 0.2) is 0 Å². The maximum Gasteiger partial charge on any atom is 0.0435 e. The molecule has 6 saturated carbocycles. The predicted molar refractivity (Wildman–Crippen MR) is 63.7 cm³/mol.